The number of rotatable bonds is 5. The number of sulfonamides is 1. The molecule has 1 N–H and O–H groups in total. The molecule has 1 aromatic heterocycles. The lowest BCUT2D eigenvalue weighted by Gasteiger charge is -2.10. The summed E-state index contributed by atoms with van der Waals surface area (Å²) in [6, 6.07) is 6.66. The highest BCUT2D eigenvalue weighted by molar-refractivity contribution is 7.89. The van der Waals surface area contributed by atoms with Gasteiger partial charge in [-0.05, 0) is 30.7 Å². The summed E-state index contributed by atoms with van der Waals surface area (Å²) < 4.78 is 31.5. The normalized spacial score (nSPS) is 11.5. The van der Waals surface area contributed by atoms with Gasteiger partial charge in [0.1, 0.15) is 0 Å². The van der Waals surface area contributed by atoms with E-state index in [4.69, 9.17) is 0 Å². The van der Waals surface area contributed by atoms with E-state index in [1.54, 1.807) is 30.5 Å². The molecule has 1 aromatic carbocycles. The average Bonchev–Trinajstić information content (AvgIpc) is 2.47. The van der Waals surface area contributed by atoms with Gasteiger partial charge in [0.15, 0.2) is 0 Å². The van der Waals surface area contributed by atoms with Crippen molar-refractivity contribution < 1.29 is 17.9 Å². The van der Waals surface area contributed by atoms with Gasteiger partial charge in [0.25, 0.3) is 0 Å². The number of methoxy groups -OCH3 is 1. The molecule has 0 aliphatic rings. The second-order valence-electron chi connectivity index (χ2n) is 4.50. The number of aryl methyl sites for hydroxylation is 1. The van der Waals surface area contributed by atoms with Gasteiger partial charge in [0, 0.05) is 18.1 Å². The molecule has 2 rings (SSSR count). The van der Waals surface area contributed by atoms with E-state index in [0.717, 1.165) is 5.56 Å². The van der Waals surface area contributed by atoms with Gasteiger partial charge in [-0.1, -0.05) is 6.07 Å². The van der Waals surface area contributed by atoms with Crippen molar-refractivity contribution in [3.63, 3.8) is 0 Å². The molecule has 0 aliphatic heterocycles. The van der Waals surface area contributed by atoms with E-state index in [1.165, 1.54) is 7.11 Å². The Balaban J connectivity index is 2.33. The maximum absolute atomic E-state index is 12.3. The van der Waals surface area contributed by atoms with E-state index >= 15 is 0 Å². The lowest BCUT2D eigenvalue weighted by Crippen LogP contribution is -2.26. The fourth-order valence-electron chi connectivity index (χ4n) is 1.99. The van der Waals surface area contributed by atoms with E-state index < -0.39 is 16.0 Å². The summed E-state index contributed by atoms with van der Waals surface area (Å²) in [5.74, 6) is -0.465. The van der Waals surface area contributed by atoms with Gasteiger partial charge < -0.3 is 4.74 Å². The molecule has 0 spiro atoms. The van der Waals surface area contributed by atoms with Crippen molar-refractivity contribution in [2.45, 2.75) is 18.2 Å². The number of benzene rings is 1. The van der Waals surface area contributed by atoms with Crippen LogP contribution < -0.4 is 4.72 Å². The van der Waals surface area contributed by atoms with Crippen LogP contribution in [0.5, 0.6) is 0 Å². The standard InChI is InChI=1S/C14H16N2O4S/c1-10-5-6-12(11-4-3-8-15-14(10)11)21(18,19)16-9-7-13(17)20-2/h3-6,8,16H,7,9H2,1-2H3. The lowest BCUT2D eigenvalue weighted by molar-refractivity contribution is -0.140. The molecular weight excluding hydrogens is 292 g/mol. The molecule has 0 aliphatic carbocycles. The van der Waals surface area contributed by atoms with Crippen LogP contribution in [0.1, 0.15) is 12.0 Å². The molecule has 0 saturated heterocycles. The minimum Gasteiger partial charge on any atom is -0.469 e. The van der Waals surface area contributed by atoms with E-state index in [9.17, 15) is 13.2 Å². The molecular formula is C14H16N2O4S. The Hall–Kier alpha value is -1.99. The van der Waals surface area contributed by atoms with Crippen molar-refractivity contribution in [2.75, 3.05) is 13.7 Å². The van der Waals surface area contributed by atoms with Crippen LogP contribution in [0.2, 0.25) is 0 Å². The Morgan fingerprint density at radius 2 is 2.10 bits per heavy atom. The molecule has 7 heteroatoms. The molecule has 0 amide bonds. The molecule has 0 saturated carbocycles. The summed E-state index contributed by atoms with van der Waals surface area (Å²) in [7, 11) is -2.45. The average molecular weight is 308 g/mol. The van der Waals surface area contributed by atoms with Gasteiger partial charge in [-0.25, -0.2) is 13.1 Å². The third-order valence-corrected chi connectivity index (χ3v) is 4.59. The van der Waals surface area contributed by atoms with Crippen LogP contribution in [-0.2, 0) is 19.6 Å². The quantitative estimate of drug-likeness (QED) is 0.844. The van der Waals surface area contributed by atoms with Gasteiger partial charge in [0.05, 0.1) is 23.9 Å². The highest BCUT2D eigenvalue weighted by Crippen LogP contribution is 2.23. The molecule has 0 atom stereocenters. The SMILES string of the molecule is COC(=O)CCNS(=O)(=O)c1ccc(C)c2ncccc12. The van der Waals surface area contributed by atoms with Crippen LogP contribution in [0, 0.1) is 6.92 Å². The first-order chi connectivity index (χ1) is 9.95. The molecule has 1 heterocycles. The second-order valence-corrected chi connectivity index (χ2v) is 6.24. The van der Waals surface area contributed by atoms with Crippen LogP contribution in [0.3, 0.4) is 0 Å². The van der Waals surface area contributed by atoms with Gasteiger partial charge in [-0.3, -0.25) is 9.78 Å². The number of ether oxygens (including phenoxy) is 1. The van der Waals surface area contributed by atoms with Crippen LogP contribution in [0.4, 0.5) is 0 Å². The van der Waals surface area contributed by atoms with Gasteiger partial charge in [-0.15, -0.1) is 0 Å². The maximum atomic E-state index is 12.3. The molecule has 6 nitrogen and oxygen atoms in total. The fourth-order valence-corrected chi connectivity index (χ4v) is 3.22. The smallest absolute Gasteiger partial charge is 0.306 e. The number of nitrogens with zero attached hydrogens (tertiary/aromatic N) is 1. The van der Waals surface area contributed by atoms with Crippen molar-refractivity contribution in [3.8, 4) is 0 Å². The highest BCUT2D eigenvalue weighted by Gasteiger charge is 2.18. The summed E-state index contributed by atoms with van der Waals surface area (Å²) in [5, 5.41) is 0.558. The van der Waals surface area contributed by atoms with Gasteiger partial charge in [-0.2, -0.15) is 0 Å². The largest absolute Gasteiger partial charge is 0.469 e. The summed E-state index contributed by atoms with van der Waals surface area (Å²) in [4.78, 5) is 15.4. The third kappa shape index (κ3) is 3.37. The summed E-state index contributed by atoms with van der Waals surface area (Å²) >= 11 is 0. The number of aromatic nitrogens is 1. The zero-order chi connectivity index (χ0) is 15.5. The number of esters is 1. The summed E-state index contributed by atoms with van der Waals surface area (Å²) in [5.41, 5.74) is 1.55. The number of fused-ring (bicyclic) bond motifs is 1. The predicted molar refractivity (Wildman–Crippen MR) is 78.3 cm³/mol. The van der Waals surface area contributed by atoms with Crippen molar-refractivity contribution >= 4 is 26.9 Å². The monoisotopic (exact) mass is 308 g/mol. The molecule has 0 bridgehead atoms. The Kier molecular flexibility index (Phi) is 4.54. The Morgan fingerprint density at radius 1 is 1.33 bits per heavy atom. The first kappa shape index (κ1) is 15.4. The number of pyridine rings is 1. The summed E-state index contributed by atoms with van der Waals surface area (Å²) in [6.45, 7) is 1.86. The van der Waals surface area contributed by atoms with Gasteiger partial charge >= 0.3 is 5.97 Å². The van der Waals surface area contributed by atoms with Crippen molar-refractivity contribution in [2.24, 2.45) is 0 Å². The topological polar surface area (TPSA) is 85.4 Å². The number of hydrogen-bond acceptors (Lipinski definition) is 5. The first-order valence-corrected chi connectivity index (χ1v) is 7.85. The Labute approximate surface area is 123 Å². The van der Waals surface area contributed by atoms with Crippen LogP contribution >= 0.6 is 0 Å². The van der Waals surface area contributed by atoms with E-state index in [2.05, 4.69) is 14.4 Å². The number of carbonyl (C=O) groups excluding carboxylic acids is 1. The Bertz CT molecular complexity index is 772. The lowest BCUT2D eigenvalue weighted by atomic mass is 10.1. The third-order valence-electron chi connectivity index (χ3n) is 3.07. The zero-order valence-corrected chi connectivity index (χ0v) is 12.6. The van der Waals surface area contributed by atoms with Crippen LogP contribution in [0.25, 0.3) is 10.9 Å². The Morgan fingerprint density at radius 3 is 2.81 bits per heavy atom. The molecule has 0 fully saturated rings. The van der Waals surface area contributed by atoms with Crippen molar-refractivity contribution in [3.05, 3.63) is 36.0 Å². The number of nitrogens with one attached hydrogen (secondary N) is 1. The fraction of sp³-hybridized carbons (Fsp3) is 0.286. The van der Waals surface area contributed by atoms with Gasteiger partial charge in [0.2, 0.25) is 10.0 Å². The van der Waals surface area contributed by atoms with Crippen molar-refractivity contribution in [1.29, 1.82) is 0 Å². The van der Waals surface area contributed by atoms with E-state index in [0.29, 0.717) is 10.9 Å². The predicted octanol–water partition coefficient (Wildman–Crippen LogP) is 1.38. The number of hydrogen-bond donors (Lipinski definition) is 1. The molecule has 0 unspecified atom stereocenters. The minimum absolute atomic E-state index is 0.00929. The summed E-state index contributed by atoms with van der Waals surface area (Å²) in [6.07, 6.45) is 1.61. The molecule has 21 heavy (non-hydrogen) atoms. The second kappa shape index (κ2) is 6.19. The van der Waals surface area contributed by atoms with Crippen LogP contribution in [0.15, 0.2) is 35.4 Å². The van der Waals surface area contributed by atoms with Crippen LogP contribution in [-0.4, -0.2) is 33.0 Å². The zero-order valence-electron chi connectivity index (χ0n) is 11.8. The van der Waals surface area contributed by atoms with Crippen molar-refractivity contribution in [1.82, 2.24) is 9.71 Å². The maximum Gasteiger partial charge on any atom is 0.306 e. The minimum atomic E-state index is -3.71. The molecule has 0 radical (unpaired) electrons. The van der Waals surface area contributed by atoms with E-state index in [-0.39, 0.29) is 17.9 Å². The molecule has 2 aromatic rings. The number of carbonyl (C=O) groups is 1. The molecule has 112 valence electrons. The highest BCUT2D eigenvalue weighted by atomic mass is 32.2. The van der Waals surface area contributed by atoms with E-state index in [1.807, 2.05) is 6.92 Å². The first-order valence-electron chi connectivity index (χ1n) is 6.36.